The van der Waals surface area contributed by atoms with Crippen molar-refractivity contribution in [3.63, 3.8) is 0 Å². The summed E-state index contributed by atoms with van der Waals surface area (Å²) in [7, 11) is 0. The molecule has 0 bridgehead atoms. The van der Waals surface area contributed by atoms with Crippen LogP contribution in [0.1, 0.15) is 49.4 Å². The average Bonchev–Trinajstić information content (AvgIpc) is 2.44. The summed E-state index contributed by atoms with van der Waals surface area (Å²) in [6, 6.07) is 5.38. The van der Waals surface area contributed by atoms with Gasteiger partial charge in [0.2, 0.25) is 0 Å². The van der Waals surface area contributed by atoms with Crippen LogP contribution in [0.2, 0.25) is 0 Å². The van der Waals surface area contributed by atoms with Crippen LogP contribution in [0.3, 0.4) is 0 Å². The quantitative estimate of drug-likeness (QED) is 0.914. The first-order valence-electron chi connectivity index (χ1n) is 6.93. The van der Waals surface area contributed by atoms with Crippen LogP contribution in [0, 0.1) is 0 Å². The van der Waals surface area contributed by atoms with E-state index >= 15 is 0 Å². The lowest BCUT2D eigenvalue weighted by atomic mass is 9.93. The van der Waals surface area contributed by atoms with Gasteiger partial charge >= 0.3 is 0 Å². The fourth-order valence-corrected chi connectivity index (χ4v) is 3.02. The number of halogens is 1. The second-order valence-corrected chi connectivity index (χ2v) is 5.90. The zero-order valence-electron chi connectivity index (χ0n) is 11.2. The number of nitrogens with zero attached hydrogens (tertiary/aromatic N) is 1. The van der Waals surface area contributed by atoms with Gasteiger partial charge in [-0.2, -0.15) is 0 Å². The highest BCUT2D eigenvalue weighted by molar-refractivity contribution is 9.10. The summed E-state index contributed by atoms with van der Waals surface area (Å²) in [6.45, 7) is 2.74. The lowest BCUT2D eigenvalue weighted by molar-refractivity contribution is 0.0647. The summed E-state index contributed by atoms with van der Waals surface area (Å²) in [4.78, 5) is 14.5. The van der Waals surface area contributed by atoms with Crippen molar-refractivity contribution in [1.82, 2.24) is 4.90 Å². The van der Waals surface area contributed by atoms with Gasteiger partial charge in [-0.3, -0.25) is 4.79 Å². The van der Waals surface area contributed by atoms with E-state index in [1.54, 1.807) is 12.1 Å². The highest BCUT2D eigenvalue weighted by Crippen LogP contribution is 2.27. The summed E-state index contributed by atoms with van der Waals surface area (Å²) in [5.41, 5.74) is 0.563. The first-order valence-corrected chi connectivity index (χ1v) is 7.72. The maximum absolute atomic E-state index is 12.5. The third-order valence-corrected chi connectivity index (χ3v) is 4.48. The standard InChI is InChI=1S/C15H20BrNO2/c1-2-17(12-6-4-3-5-7-12)15(19)11-8-9-13(16)14(18)10-11/h8-10,12,18H,2-7H2,1H3. The minimum atomic E-state index is 0.0252. The molecule has 2 rings (SSSR count). The second kappa shape index (κ2) is 6.42. The largest absolute Gasteiger partial charge is 0.507 e. The molecule has 0 atom stereocenters. The van der Waals surface area contributed by atoms with Crippen LogP contribution >= 0.6 is 15.9 Å². The Morgan fingerprint density at radius 1 is 1.37 bits per heavy atom. The van der Waals surface area contributed by atoms with Gasteiger partial charge in [-0.1, -0.05) is 19.3 Å². The number of hydrogen-bond donors (Lipinski definition) is 1. The molecule has 0 unspecified atom stereocenters. The molecule has 1 fully saturated rings. The number of amides is 1. The molecule has 104 valence electrons. The van der Waals surface area contributed by atoms with Crippen LogP contribution in [0.15, 0.2) is 22.7 Å². The summed E-state index contributed by atoms with van der Waals surface area (Å²) in [5.74, 6) is 0.141. The van der Waals surface area contributed by atoms with Gasteiger partial charge in [0.05, 0.1) is 4.47 Å². The molecule has 1 aromatic carbocycles. The highest BCUT2D eigenvalue weighted by atomic mass is 79.9. The van der Waals surface area contributed by atoms with Crippen molar-refractivity contribution in [3.05, 3.63) is 28.2 Å². The average molecular weight is 326 g/mol. The van der Waals surface area contributed by atoms with E-state index in [0.29, 0.717) is 16.1 Å². The number of carbonyl (C=O) groups excluding carboxylic acids is 1. The van der Waals surface area contributed by atoms with Gasteiger partial charge < -0.3 is 10.0 Å². The Labute approximate surface area is 122 Å². The predicted octanol–water partition coefficient (Wildman–Crippen LogP) is 3.95. The van der Waals surface area contributed by atoms with E-state index in [4.69, 9.17) is 0 Å². The van der Waals surface area contributed by atoms with Crippen molar-refractivity contribution in [2.75, 3.05) is 6.54 Å². The SMILES string of the molecule is CCN(C(=O)c1ccc(Br)c(O)c1)C1CCCCC1. The molecule has 0 aliphatic heterocycles. The lowest BCUT2D eigenvalue weighted by Crippen LogP contribution is -2.41. The lowest BCUT2D eigenvalue weighted by Gasteiger charge is -2.33. The Bertz CT molecular complexity index is 455. The molecule has 1 amide bonds. The van der Waals surface area contributed by atoms with E-state index in [9.17, 15) is 9.90 Å². The van der Waals surface area contributed by atoms with Crippen LogP contribution < -0.4 is 0 Å². The van der Waals surface area contributed by atoms with Crippen molar-refractivity contribution in [3.8, 4) is 5.75 Å². The molecule has 0 aromatic heterocycles. The number of rotatable bonds is 3. The second-order valence-electron chi connectivity index (χ2n) is 5.05. The van der Waals surface area contributed by atoms with Crippen molar-refractivity contribution < 1.29 is 9.90 Å². The minimum Gasteiger partial charge on any atom is -0.507 e. The first kappa shape index (κ1) is 14.4. The van der Waals surface area contributed by atoms with E-state index in [1.165, 1.54) is 25.3 Å². The maximum atomic E-state index is 12.5. The van der Waals surface area contributed by atoms with Crippen molar-refractivity contribution in [1.29, 1.82) is 0 Å². The monoisotopic (exact) mass is 325 g/mol. The van der Waals surface area contributed by atoms with Gasteiger partial charge in [0, 0.05) is 18.2 Å². The Hall–Kier alpha value is -1.03. The van der Waals surface area contributed by atoms with Crippen molar-refractivity contribution in [2.24, 2.45) is 0 Å². The van der Waals surface area contributed by atoms with Crippen LogP contribution in [0.5, 0.6) is 5.75 Å². The minimum absolute atomic E-state index is 0.0252. The van der Waals surface area contributed by atoms with E-state index in [-0.39, 0.29) is 11.7 Å². The van der Waals surface area contributed by atoms with Gasteiger partial charge in [0.1, 0.15) is 5.75 Å². The van der Waals surface area contributed by atoms with E-state index in [0.717, 1.165) is 19.4 Å². The molecule has 0 radical (unpaired) electrons. The van der Waals surface area contributed by atoms with E-state index in [2.05, 4.69) is 15.9 Å². The number of carbonyl (C=O) groups is 1. The normalized spacial score (nSPS) is 16.3. The van der Waals surface area contributed by atoms with Gasteiger partial charge in [0.25, 0.3) is 5.91 Å². The third kappa shape index (κ3) is 3.30. The summed E-state index contributed by atoms with van der Waals surface area (Å²) >= 11 is 3.23. The van der Waals surface area contributed by atoms with Crippen LogP contribution in [0.25, 0.3) is 0 Å². The van der Waals surface area contributed by atoms with Crippen LogP contribution in [0.4, 0.5) is 0 Å². The van der Waals surface area contributed by atoms with Gasteiger partial charge in [0.15, 0.2) is 0 Å². The molecular weight excluding hydrogens is 306 g/mol. The maximum Gasteiger partial charge on any atom is 0.254 e. The van der Waals surface area contributed by atoms with Gasteiger partial charge in [-0.25, -0.2) is 0 Å². The molecule has 1 aliphatic rings. The first-order chi connectivity index (χ1) is 9.13. The molecule has 19 heavy (non-hydrogen) atoms. The summed E-state index contributed by atoms with van der Waals surface area (Å²) in [5, 5.41) is 9.70. The van der Waals surface area contributed by atoms with Crippen molar-refractivity contribution >= 4 is 21.8 Å². The smallest absolute Gasteiger partial charge is 0.254 e. The third-order valence-electron chi connectivity index (χ3n) is 3.81. The Balaban J connectivity index is 2.17. The zero-order valence-corrected chi connectivity index (χ0v) is 12.8. The Morgan fingerprint density at radius 2 is 2.05 bits per heavy atom. The molecule has 0 heterocycles. The van der Waals surface area contributed by atoms with Crippen LogP contribution in [-0.4, -0.2) is 28.5 Å². The summed E-state index contributed by atoms with van der Waals surface area (Å²) < 4.78 is 0.616. The topological polar surface area (TPSA) is 40.5 Å². The fourth-order valence-electron chi connectivity index (χ4n) is 2.77. The van der Waals surface area contributed by atoms with Gasteiger partial charge in [-0.05, 0) is 53.9 Å². The Kier molecular flexibility index (Phi) is 4.86. The molecule has 1 aliphatic carbocycles. The van der Waals surface area contributed by atoms with Gasteiger partial charge in [-0.15, -0.1) is 0 Å². The highest BCUT2D eigenvalue weighted by Gasteiger charge is 2.25. The number of phenolic OH excluding ortho intramolecular Hbond substituents is 1. The zero-order chi connectivity index (χ0) is 13.8. The summed E-state index contributed by atoms with van der Waals surface area (Å²) in [6.07, 6.45) is 5.89. The van der Waals surface area contributed by atoms with E-state index in [1.807, 2.05) is 11.8 Å². The number of hydrogen-bond acceptors (Lipinski definition) is 2. The molecule has 1 aromatic rings. The van der Waals surface area contributed by atoms with Crippen LogP contribution in [-0.2, 0) is 0 Å². The molecular formula is C15H20BrNO2. The molecule has 3 nitrogen and oxygen atoms in total. The van der Waals surface area contributed by atoms with E-state index < -0.39 is 0 Å². The fraction of sp³-hybridized carbons (Fsp3) is 0.533. The number of phenols is 1. The predicted molar refractivity (Wildman–Crippen MR) is 79.4 cm³/mol. The Morgan fingerprint density at radius 3 is 2.63 bits per heavy atom. The molecule has 4 heteroatoms. The van der Waals surface area contributed by atoms with Crippen molar-refractivity contribution in [2.45, 2.75) is 45.1 Å². The molecule has 0 saturated heterocycles. The molecule has 1 saturated carbocycles. The number of aromatic hydroxyl groups is 1. The molecule has 1 N–H and O–H groups in total. The number of benzene rings is 1. The molecule has 0 spiro atoms.